The van der Waals surface area contributed by atoms with E-state index in [1.165, 1.54) is 23.5 Å². The van der Waals surface area contributed by atoms with Crippen molar-refractivity contribution in [3.05, 3.63) is 61.9 Å². The van der Waals surface area contributed by atoms with Crippen molar-refractivity contribution >= 4 is 45.0 Å². The molecule has 210 valence electrons. The van der Waals surface area contributed by atoms with Crippen molar-refractivity contribution in [2.75, 3.05) is 46.4 Å². The first kappa shape index (κ1) is 29.2. The number of nitrogens with zero attached hydrogens (tertiary/aromatic N) is 4. The Morgan fingerprint density at radius 1 is 1.38 bits per heavy atom. The van der Waals surface area contributed by atoms with Gasteiger partial charge in [-0.25, -0.2) is 18.6 Å². The van der Waals surface area contributed by atoms with E-state index in [0.717, 1.165) is 0 Å². The van der Waals surface area contributed by atoms with Crippen molar-refractivity contribution < 1.29 is 28.2 Å². The molecule has 2 aliphatic rings. The monoisotopic (exact) mass is 625 g/mol. The third-order valence-electron chi connectivity index (χ3n) is 6.61. The van der Waals surface area contributed by atoms with Crippen LogP contribution in [0.3, 0.4) is 0 Å². The number of likely N-dealkylation sites (tertiary alicyclic amines) is 1. The summed E-state index contributed by atoms with van der Waals surface area (Å²) >= 11 is 4.79. The van der Waals surface area contributed by atoms with Crippen molar-refractivity contribution in [2.45, 2.75) is 25.6 Å². The summed E-state index contributed by atoms with van der Waals surface area (Å²) < 4.78 is 35.0. The number of hydrogen-bond donors (Lipinski definition) is 2. The molecule has 0 spiro atoms. The van der Waals surface area contributed by atoms with E-state index in [-0.39, 0.29) is 37.7 Å². The molecule has 3 heterocycles. The summed E-state index contributed by atoms with van der Waals surface area (Å²) in [5, 5.41) is 14.7. The summed E-state index contributed by atoms with van der Waals surface area (Å²) in [6.45, 7) is 2.97. The van der Waals surface area contributed by atoms with Crippen LogP contribution in [0.1, 0.15) is 30.0 Å². The van der Waals surface area contributed by atoms with Crippen LogP contribution in [0.5, 0.6) is 0 Å². The molecule has 1 fully saturated rings. The molecule has 9 nitrogen and oxygen atoms in total. The van der Waals surface area contributed by atoms with Crippen molar-refractivity contribution in [1.29, 1.82) is 0 Å². The van der Waals surface area contributed by atoms with E-state index in [0.29, 0.717) is 46.1 Å². The average Bonchev–Trinajstić information content (AvgIpc) is 3.40. The summed E-state index contributed by atoms with van der Waals surface area (Å²) in [5.41, 5.74) is 1.36. The zero-order chi connectivity index (χ0) is 28.1. The van der Waals surface area contributed by atoms with Crippen LogP contribution in [0, 0.1) is 11.7 Å². The van der Waals surface area contributed by atoms with Crippen LogP contribution in [-0.4, -0.2) is 90.2 Å². The van der Waals surface area contributed by atoms with E-state index < -0.39 is 30.0 Å². The lowest BCUT2D eigenvalue weighted by atomic mass is 9.92. The summed E-state index contributed by atoms with van der Waals surface area (Å²) in [6, 6.07) is 3.39. The van der Waals surface area contributed by atoms with Crippen LogP contribution in [-0.2, 0) is 14.3 Å². The predicted octanol–water partition coefficient (Wildman–Crippen LogP) is 3.63. The van der Waals surface area contributed by atoms with E-state index in [9.17, 15) is 14.0 Å². The Hall–Kier alpha value is -2.74. The molecule has 13 heteroatoms. The van der Waals surface area contributed by atoms with Crippen LogP contribution < -0.4 is 5.32 Å². The van der Waals surface area contributed by atoms with Gasteiger partial charge in [0.05, 0.1) is 18.7 Å². The van der Waals surface area contributed by atoms with E-state index >= 15 is 4.39 Å². The predicted molar refractivity (Wildman–Crippen MR) is 147 cm³/mol. The summed E-state index contributed by atoms with van der Waals surface area (Å²) in [7, 11) is 1.67. The fourth-order valence-electron chi connectivity index (χ4n) is 4.85. The number of carbonyl (C=O) groups is 2. The number of thiazole rings is 1. The number of ether oxygens (including phenoxy) is 1. The Morgan fingerprint density at radius 2 is 2.18 bits per heavy atom. The molecule has 1 saturated heterocycles. The molecule has 2 aromatic rings. The topological polar surface area (TPSA) is 107 Å². The van der Waals surface area contributed by atoms with Gasteiger partial charge < -0.3 is 15.2 Å². The number of aliphatic carboxylic acids is 1. The number of nitrogens with one attached hydrogen (secondary N) is 1. The van der Waals surface area contributed by atoms with Gasteiger partial charge in [0, 0.05) is 47.3 Å². The number of benzene rings is 1. The Labute approximate surface area is 237 Å². The Morgan fingerprint density at radius 3 is 2.82 bits per heavy atom. The SMILES string of the molecule is CCOC(=O)C1=C(CN2CCC(CN(C)CC(=O)O)C(F)C2)NC(c2nccs2)=NC1c1ccc(F)cc1Br. The van der Waals surface area contributed by atoms with Gasteiger partial charge in [-0.1, -0.05) is 22.0 Å². The number of esters is 1. The molecule has 39 heavy (non-hydrogen) atoms. The molecule has 0 saturated carbocycles. The number of likely N-dealkylation sites (N-methyl/N-ethyl adjacent to an activating group) is 1. The molecule has 2 N–H and O–H groups in total. The van der Waals surface area contributed by atoms with Gasteiger partial charge in [0.25, 0.3) is 0 Å². The van der Waals surface area contributed by atoms with E-state index in [2.05, 4.69) is 26.2 Å². The van der Waals surface area contributed by atoms with Gasteiger partial charge in [-0.3, -0.25) is 19.6 Å². The number of halogens is 3. The number of amidine groups is 1. The largest absolute Gasteiger partial charge is 0.480 e. The Kier molecular flexibility index (Phi) is 9.81. The molecule has 0 amide bonds. The van der Waals surface area contributed by atoms with Crippen molar-refractivity contribution in [1.82, 2.24) is 20.1 Å². The number of hydrogen-bond acceptors (Lipinski definition) is 9. The highest BCUT2D eigenvalue weighted by atomic mass is 79.9. The van der Waals surface area contributed by atoms with Crippen LogP contribution in [0.2, 0.25) is 0 Å². The van der Waals surface area contributed by atoms with Gasteiger partial charge in [0.15, 0.2) is 10.8 Å². The van der Waals surface area contributed by atoms with Crippen LogP contribution >= 0.6 is 27.3 Å². The molecule has 0 bridgehead atoms. The van der Waals surface area contributed by atoms with E-state index in [1.807, 2.05) is 10.3 Å². The maximum atomic E-state index is 15.2. The number of carboxylic acid groups (broad SMARTS) is 1. The molecule has 3 atom stereocenters. The molecule has 1 aromatic carbocycles. The summed E-state index contributed by atoms with van der Waals surface area (Å²) in [6.07, 6.45) is 1.02. The van der Waals surface area contributed by atoms with E-state index in [1.54, 1.807) is 31.1 Å². The zero-order valence-electron chi connectivity index (χ0n) is 21.6. The van der Waals surface area contributed by atoms with E-state index in [4.69, 9.17) is 14.8 Å². The lowest BCUT2D eigenvalue weighted by molar-refractivity contribution is -0.139. The highest BCUT2D eigenvalue weighted by Gasteiger charge is 2.36. The minimum atomic E-state index is -1.17. The van der Waals surface area contributed by atoms with Crippen LogP contribution in [0.15, 0.2) is 50.5 Å². The summed E-state index contributed by atoms with van der Waals surface area (Å²) in [5.74, 6) is -1.79. The van der Waals surface area contributed by atoms with Gasteiger partial charge in [-0.15, -0.1) is 11.3 Å². The Balaban J connectivity index is 1.64. The molecular weight excluding hydrogens is 596 g/mol. The number of piperidine rings is 1. The van der Waals surface area contributed by atoms with Crippen LogP contribution in [0.25, 0.3) is 0 Å². The molecule has 0 radical (unpaired) electrons. The minimum absolute atomic E-state index is 0.126. The van der Waals surface area contributed by atoms with Crippen molar-refractivity contribution in [2.24, 2.45) is 10.9 Å². The normalized spacial score (nSPS) is 22.0. The number of aromatic nitrogens is 1. The molecule has 2 aliphatic heterocycles. The molecule has 3 unspecified atom stereocenters. The third kappa shape index (κ3) is 7.27. The van der Waals surface area contributed by atoms with Crippen molar-refractivity contribution in [3.63, 3.8) is 0 Å². The first-order valence-corrected chi connectivity index (χ1v) is 14.2. The quantitative estimate of drug-likeness (QED) is 0.386. The lowest BCUT2D eigenvalue weighted by Gasteiger charge is -2.37. The zero-order valence-corrected chi connectivity index (χ0v) is 24.0. The van der Waals surface area contributed by atoms with Gasteiger partial charge >= 0.3 is 11.9 Å². The second kappa shape index (κ2) is 13.1. The number of alkyl halides is 1. The van der Waals surface area contributed by atoms with Gasteiger partial charge in [0.1, 0.15) is 18.0 Å². The first-order valence-electron chi connectivity index (χ1n) is 12.5. The molecular formula is C26H30BrF2N5O4S. The maximum Gasteiger partial charge on any atom is 0.338 e. The second-order valence-corrected chi connectivity index (χ2v) is 11.3. The van der Waals surface area contributed by atoms with Gasteiger partial charge in [-0.05, 0) is 44.6 Å². The fourth-order valence-corrected chi connectivity index (χ4v) is 6.01. The Bertz CT molecular complexity index is 1260. The number of rotatable bonds is 10. The number of carbonyl (C=O) groups excluding carboxylic acids is 1. The van der Waals surface area contributed by atoms with Crippen LogP contribution in [0.4, 0.5) is 8.78 Å². The minimum Gasteiger partial charge on any atom is -0.480 e. The smallest absolute Gasteiger partial charge is 0.338 e. The first-order chi connectivity index (χ1) is 18.7. The molecule has 1 aromatic heterocycles. The highest BCUT2D eigenvalue weighted by molar-refractivity contribution is 9.10. The van der Waals surface area contributed by atoms with Gasteiger partial charge in [-0.2, -0.15) is 0 Å². The second-order valence-electron chi connectivity index (χ2n) is 9.51. The lowest BCUT2D eigenvalue weighted by Crippen LogP contribution is -2.48. The fraction of sp³-hybridized carbons (Fsp3) is 0.462. The highest BCUT2D eigenvalue weighted by Crippen LogP contribution is 2.37. The average molecular weight is 627 g/mol. The number of aliphatic imine (C=N–C) groups is 1. The standard InChI is InChI=1S/C26H30BrF2N5O4S/c1-3-38-26(37)22-20(13-34-8-6-15(19(29)12-34)11-33(2)14-21(35)36)31-24(25-30-7-9-39-25)32-23(22)17-5-4-16(28)10-18(17)27/h4-5,7,9-10,15,19,23H,3,6,8,11-14H2,1-2H3,(H,31,32)(H,35,36). The summed E-state index contributed by atoms with van der Waals surface area (Å²) in [4.78, 5) is 37.0. The maximum absolute atomic E-state index is 15.2. The third-order valence-corrected chi connectivity index (χ3v) is 8.07. The van der Waals surface area contributed by atoms with Gasteiger partial charge in [0.2, 0.25) is 0 Å². The molecule has 0 aliphatic carbocycles. The van der Waals surface area contributed by atoms with Crippen molar-refractivity contribution in [3.8, 4) is 0 Å². The molecule has 4 rings (SSSR count). The number of carboxylic acids is 1.